The van der Waals surface area contributed by atoms with Gasteiger partial charge in [0.15, 0.2) is 0 Å². The van der Waals surface area contributed by atoms with Crippen molar-refractivity contribution in [3.05, 3.63) is 46.8 Å². The molecule has 5 heteroatoms. The van der Waals surface area contributed by atoms with Gasteiger partial charge in [0.25, 0.3) is 0 Å². The van der Waals surface area contributed by atoms with Crippen molar-refractivity contribution in [1.29, 1.82) is 0 Å². The topological polar surface area (TPSA) is 12.0 Å². The number of alkyl halides is 3. The summed E-state index contributed by atoms with van der Waals surface area (Å²) in [5, 5.41) is 3.16. The molecule has 1 aromatic heterocycles. The maximum absolute atomic E-state index is 12.9. The van der Waals surface area contributed by atoms with Crippen LogP contribution in [0.4, 0.5) is 13.2 Å². The summed E-state index contributed by atoms with van der Waals surface area (Å²) in [6.45, 7) is 3.52. The quantitative estimate of drug-likeness (QED) is 0.869. The predicted octanol–water partition coefficient (Wildman–Crippen LogP) is 4.54. The first-order valence-corrected chi connectivity index (χ1v) is 6.80. The lowest BCUT2D eigenvalue weighted by Gasteiger charge is -2.11. The number of hydrogen-bond acceptors (Lipinski definition) is 2. The third-order valence-electron chi connectivity index (χ3n) is 2.71. The maximum atomic E-state index is 12.9. The van der Waals surface area contributed by atoms with Crippen molar-refractivity contribution in [3.8, 4) is 10.4 Å². The molecule has 2 rings (SSSR count). The summed E-state index contributed by atoms with van der Waals surface area (Å²) < 4.78 is 38.8. The van der Waals surface area contributed by atoms with Crippen LogP contribution in [0.25, 0.3) is 10.4 Å². The fraction of sp³-hybridized carbons (Fsp3) is 0.286. The summed E-state index contributed by atoms with van der Waals surface area (Å²) in [6, 6.07) is 9.32. The number of hydrogen-bond donors (Lipinski definition) is 1. The van der Waals surface area contributed by atoms with E-state index in [-0.39, 0.29) is 5.56 Å². The second-order valence-corrected chi connectivity index (χ2v) is 5.26. The summed E-state index contributed by atoms with van der Waals surface area (Å²) in [5.41, 5.74) is -0.324. The lowest BCUT2D eigenvalue weighted by atomic mass is 10.1. The highest BCUT2D eigenvalue weighted by atomic mass is 32.1. The minimum atomic E-state index is -4.32. The largest absolute Gasteiger partial charge is 0.417 e. The molecule has 0 atom stereocenters. The average Bonchev–Trinajstić information content (AvgIpc) is 2.84. The van der Waals surface area contributed by atoms with E-state index in [1.165, 1.54) is 23.5 Å². The van der Waals surface area contributed by atoms with Gasteiger partial charge in [-0.3, -0.25) is 0 Å². The molecule has 0 unspecified atom stereocenters. The SMILES string of the molecule is CCNCc1ccc(-c2ccccc2C(F)(F)F)s1. The summed E-state index contributed by atoms with van der Waals surface area (Å²) in [5.74, 6) is 0. The molecule has 0 fully saturated rings. The third-order valence-corrected chi connectivity index (χ3v) is 3.83. The van der Waals surface area contributed by atoms with Gasteiger partial charge in [-0.15, -0.1) is 11.3 Å². The minimum absolute atomic E-state index is 0.253. The van der Waals surface area contributed by atoms with Crippen LogP contribution in [0.1, 0.15) is 17.4 Å². The van der Waals surface area contributed by atoms with Crippen molar-refractivity contribution in [2.24, 2.45) is 0 Å². The van der Waals surface area contributed by atoms with Crippen LogP contribution in [0.15, 0.2) is 36.4 Å². The predicted molar refractivity (Wildman–Crippen MR) is 72.1 cm³/mol. The van der Waals surface area contributed by atoms with Crippen molar-refractivity contribution in [3.63, 3.8) is 0 Å². The summed E-state index contributed by atoms with van der Waals surface area (Å²) in [7, 11) is 0. The van der Waals surface area contributed by atoms with Gasteiger partial charge in [0, 0.05) is 21.9 Å². The number of thiophene rings is 1. The average molecular weight is 285 g/mol. The van der Waals surface area contributed by atoms with Gasteiger partial charge in [0.1, 0.15) is 0 Å². The Hall–Kier alpha value is -1.33. The van der Waals surface area contributed by atoms with Gasteiger partial charge < -0.3 is 5.32 Å². The highest BCUT2D eigenvalue weighted by Crippen LogP contribution is 2.39. The molecule has 0 amide bonds. The highest BCUT2D eigenvalue weighted by Gasteiger charge is 2.33. The van der Waals surface area contributed by atoms with E-state index in [2.05, 4.69) is 5.32 Å². The third kappa shape index (κ3) is 3.36. The van der Waals surface area contributed by atoms with Gasteiger partial charge in [-0.2, -0.15) is 13.2 Å². The molecule has 0 saturated carbocycles. The Labute approximate surface area is 114 Å². The zero-order valence-electron chi connectivity index (χ0n) is 10.4. The smallest absolute Gasteiger partial charge is 0.312 e. The second kappa shape index (κ2) is 5.75. The lowest BCUT2D eigenvalue weighted by Crippen LogP contribution is -2.10. The van der Waals surface area contributed by atoms with Crippen molar-refractivity contribution in [2.75, 3.05) is 6.54 Å². The molecule has 0 spiro atoms. The van der Waals surface area contributed by atoms with Gasteiger partial charge in [0.2, 0.25) is 0 Å². The zero-order valence-corrected chi connectivity index (χ0v) is 11.2. The molecule has 0 aliphatic heterocycles. The molecule has 0 saturated heterocycles. The second-order valence-electron chi connectivity index (χ2n) is 4.09. The first-order chi connectivity index (χ1) is 9.02. The summed E-state index contributed by atoms with van der Waals surface area (Å²) >= 11 is 1.39. The zero-order chi connectivity index (χ0) is 13.9. The minimum Gasteiger partial charge on any atom is -0.312 e. The number of benzene rings is 1. The molecule has 1 nitrogen and oxygen atoms in total. The standard InChI is InChI=1S/C14H14F3NS/c1-2-18-9-10-7-8-13(19-10)11-5-3-4-6-12(11)14(15,16)17/h3-8,18H,2,9H2,1H3. The Balaban J connectivity index is 2.34. The summed E-state index contributed by atoms with van der Waals surface area (Å²) in [4.78, 5) is 1.69. The van der Waals surface area contributed by atoms with E-state index in [4.69, 9.17) is 0 Å². The van der Waals surface area contributed by atoms with Crippen LogP contribution >= 0.6 is 11.3 Å². The van der Waals surface area contributed by atoms with Crippen LogP contribution < -0.4 is 5.32 Å². The first kappa shape index (κ1) is 14.1. The molecule has 0 aliphatic carbocycles. The van der Waals surface area contributed by atoms with Crippen molar-refractivity contribution >= 4 is 11.3 Å². The van der Waals surface area contributed by atoms with Crippen molar-refractivity contribution < 1.29 is 13.2 Å². The van der Waals surface area contributed by atoms with Gasteiger partial charge in [-0.25, -0.2) is 0 Å². The molecule has 0 aliphatic rings. The van der Waals surface area contributed by atoms with Gasteiger partial charge in [-0.05, 0) is 24.7 Å². The van der Waals surface area contributed by atoms with E-state index in [1.54, 1.807) is 12.1 Å². The van der Waals surface area contributed by atoms with Crippen LogP contribution in [0.3, 0.4) is 0 Å². The first-order valence-electron chi connectivity index (χ1n) is 5.98. The molecule has 1 heterocycles. The van der Waals surface area contributed by atoms with Crippen LogP contribution in [0, 0.1) is 0 Å². The molecule has 1 aromatic carbocycles. The molecule has 2 aromatic rings. The molecule has 0 bridgehead atoms. The molecule has 102 valence electrons. The number of rotatable bonds is 4. The van der Waals surface area contributed by atoms with Crippen LogP contribution in [-0.2, 0) is 12.7 Å². The van der Waals surface area contributed by atoms with Gasteiger partial charge in [0.05, 0.1) is 5.56 Å². The fourth-order valence-corrected chi connectivity index (χ4v) is 2.83. The van der Waals surface area contributed by atoms with Crippen LogP contribution in [0.2, 0.25) is 0 Å². The Kier molecular flexibility index (Phi) is 4.27. The Bertz CT molecular complexity index is 546. The van der Waals surface area contributed by atoms with Gasteiger partial charge in [-0.1, -0.05) is 25.1 Å². The van der Waals surface area contributed by atoms with Crippen molar-refractivity contribution in [2.45, 2.75) is 19.6 Å². The number of halogens is 3. The maximum Gasteiger partial charge on any atom is 0.417 e. The molecule has 1 N–H and O–H groups in total. The van der Waals surface area contributed by atoms with E-state index in [9.17, 15) is 13.2 Å². The van der Waals surface area contributed by atoms with E-state index >= 15 is 0 Å². The van der Waals surface area contributed by atoms with Crippen LogP contribution in [0.5, 0.6) is 0 Å². The Morgan fingerprint density at radius 3 is 2.53 bits per heavy atom. The van der Waals surface area contributed by atoms with Crippen LogP contribution in [-0.4, -0.2) is 6.54 Å². The fourth-order valence-electron chi connectivity index (χ4n) is 1.81. The van der Waals surface area contributed by atoms with E-state index in [0.717, 1.165) is 17.5 Å². The highest BCUT2D eigenvalue weighted by molar-refractivity contribution is 7.15. The molecular formula is C14H14F3NS. The summed E-state index contributed by atoms with van der Waals surface area (Å²) in [6.07, 6.45) is -4.32. The Morgan fingerprint density at radius 2 is 1.84 bits per heavy atom. The molecule has 19 heavy (non-hydrogen) atoms. The van der Waals surface area contributed by atoms with E-state index in [0.29, 0.717) is 11.4 Å². The monoisotopic (exact) mass is 285 g/mol. The lowest BCUT2D eigenvalue weighted by molar-refractivity contribution is -0.137. The van der Waals surface area contributed by atoms with E-state index in [1.807, 2.05) is 13.0 Å². The number of nitrogens with one attached hydrogen (secondary N) is 1. The molecule has 0 radical (unpaired) electrons. The van der Waals surface area contributed by atoms with Gasteiger partial charge >= 0.3 is 6.18 Å². The van der Waals surface area contributed by atoms with E-state index < -0.39 is 11.7 Å². The molecular weight excluding hydrogens is 271 g/mol. The Morgan fingerprint density at radius 1 is 1.11 bits per heavy atom. The normalized spacial score (nSPS) is 11.8. The van der Waals surface area contributed by atoms with Crippen molar-refractivity contribution in [1.82, 2.24) is 5.32 Å².